The number of halogens is 1. The third-order valence-corrected chi connectivity index (χ3v) is 5.13. The van der Waals surface area contributed by atoms with E-state index in [2.05, 4.69) is 9.98 Å². The van der Waals surface area contributed by atoms with Crippen molar-refractivity contribution in [1.29, 1.82) is 0 Å². The molecular weight excluding hydrogens is 349 g/mol. The maximum absolute atomic E-state index is 13.1. The zero-order valence-electron chi connectivity index (χ0n) is 14.1. The van der Waals surface area contributed by atoms with E-state index in [4.69, 9.17) is 0 Å². The minimum absolute atomic E-state index is 0.170. The maximum Gasteiger partial charge on any atom is 0.211 e. The third-order valence-electron chi connectivity index (χ3n) is 4.12. The Bertz CT molecular complexity index is 1090. The van der Waals surface area contributed by atoms with E-state index in [1.165, 1.54) is 23.5 Å². The van der Waals surface area contributed by atoms with Gasteiger partial charge in [0.2, 0.25) is 5.88 Å². The Kier molecular flexibility index (Phi) is 4.26. The first-order valence-electron chi connectivity index (χ1n) is 8.24. The highest BCUT2D eigenvalue weighted by Crippen LogP contribution is 2.34. The second-order valence-corrected chi connectivity index (χ2v) is 6.79. The molecule has 0 aliphatic carbocycles. The Morgan fingerprint density at radius 3 is 2.73 bits per heavy atom. The standard InChI is InChI=1S/C20H16FN3OS/c1-2-24-19(25)18(11-13-12-22-17-6-4-3-5-16(13)17)26-20(24)23-15-9-7-14(21)8-10-15/h3-12,25H,2H2,1H3. The number of benzene rings is 2. The number of rotatable bonds is 3. The van der Waals surface area contributed by atoms with Gasteiger partial charge in [-0.25, -0.2) is 9.38 Å². The van der Waals surface area contributed by atoms with Crippen LogP contribution in [0.15, 0.2) is 58.5 Å². The molecule has 0 radical (unpaired) electrons. The molecule has 1 aromatic heterocycles. The first-order chi connectivity index (χ1) is 12.7. The molecule has 4 nitrogen and oxygen atoms in total. The molecule has 3 aromatic rings. The molecule has 26 heavy (non-hydrogen) atoms. The summed E-state index contributed by atoms with van der Waals surface area (Å²) in [6.07, 6.45) is 3.72. The lowest BCUT2D eigenvalue weighted by atomic mass is 10.1. The molecule has 0 atom stereocenters. The van der Waals surface area contributed by atoms with E-state index in [1.54, 1.807) is 22.9 Å². The van der Waals surface area contributed by atoms with Crippen LogP contribution < -0.4 is 4.80 Å². The van der Waals surface area contributed by atoms with E-state index in [0.29, 0.717) is 21.9 Å². The first kappa shape index (κ1) is 16.5. The van der Waals surface area contributed by atoms with Gasteiger partial charge in [0, 0.05) is 23.9 Å². The lowest BCUT2D eigenvalue weighted by molar-refractivity contribution is 0.416. The van der Waals surface area contributed by atoms with Crippen LogP contribution in [0.3, 0.4) is 0 Å². The van der Waals surface area contributed by atoms with Crippen LogP contribution in [0, 0.1) is 5.82 Å². The largest absolute Gasteiger partial charge is 0.493 e. The monoisotopic (exact) mass is 365 g/mol. The molecule has 0 bridgehead atoms. The number of hydrogen-bond donors (Lipinski definition) is 1. The highest BCUT2D eigenvalue weighted by Gasteiger charge is 2.15. The first-order valence-corrected chi connectivity index (χ1v) is 9.05. The minimum atomic E-state index is -0.300. The summed E-state index contributed by atoms with van der Waals surface area (Å²) in [4.78, 5) is 10.3. The van der Waals surface area contributed by atoms with E-state index < -0.39 is 0 Å². The van der Waals surface area contributed by atoms with E-state index in [9.17, 15) is 9.50 Å². The van der Waals surface area contributed by atoms with Crippen molar-refractivity contribution < 1.29 is 9.50 Å². The molecule has 1 aliphatic heterocycles. The van der Waals surface area contributed by atoms with Crippen molar-refractivity contribution in [3.05, 3.63) is 69.6 Å². The quantitative estimate of drug-likeness (QED) is 0.705. The summed E-state index contributed by atoms with van der Waals surface area (Å²) < 4.78 is 14.8. The fraction of sp³-hybridized carbons (Fsp3) is 0.100. The fourth-order valence-electron chi connectivity index (χ4n) is 2.81. The van der Waals surface area contributed by atoms with Crippen LogP contribution in [0.2, 0.25) is 0 Å². The smallest absolute Gasteiger partial charge is 0.211 e. The van der Waals surface area contributed by atoms with Crippen molar-refractivity contribution in [3.8, 4) is 5.88 Å². The van der Waals surface area contributed by atoms with Crippen LogP contribution >= 0.6 is 11.3 Å². The van der Waals surface area contributed by atoms with Gasteiger partial charge in [0.05, 0.1) is 16.3 Å². The molecule has 6 heteroatoms. The Morgan fingerprint density at radius 2 is 1.96 bits per heavy atom. The minimum Gasteiger partial charge on any atom is -0.493 e. The van der Waals surface area contributed by atoms with Gasteiger partial charge >= 0.3 is 0 Å². The number of allylic oxidation sites excluding steroid dienone is 1. The molecular formula is C20H16FN3OS. The highest BCUT2D eigenvalue weighted by atomic mass is 32.1. The number of hydrogen-bond acceptors (Lipinski definition) is 4. The third kappa shape index (κ3) is 2.99. The van der Waals surface area contributed by atoms with E-state index in [-0.39, 0.29) is 11.7 Å². The summed E-state index contributed by atoms with van der Waals surface area (Å²) in [6, 6.07) is 13.9. The van der Waals surface area contributed by atoms with E-state index in [0.717, 1.165) is 16.8 Å². The molecule has 0 fully saturated rings. The second-order valence-electron chi connectivity index (χ2n) is 5.78. The molecule has 1 N–H and O–H groups in total. The molecule has 0 unspecified atom stereocenters. The fourth-order valence-corrected chi connectivity index (χ4v) is 3.87. The van der Waals surface area contributed by atoms with Gasteiger partial charge in [-0.15, -0.1) is 0 Å². The molecule has 0 spiro atoms. The number of aliphatic imine (C=N–C) groups is 1. The summed E-state index contributed by atoms with van der Waals surface area (Å²) in [5, 5.41) is 10.6. The van der Waals surface area contributed by atoms with Gasteiger partial charge in [-0.3, -0.25) is 9.56 Å². The predicted molar refractivity (Wildman–Crippen MR) is 104 cm³/mol. The Balaban J connectivity index is 1.80. The summed E-state index contributed by atoms with van der Waals surface area (Å²) >= 11 is 1.39. The molecule has 0 amide bonds. The Morgan fingerprint density at radius 1 is 1.19 bits per heavy atom. The maximum atomic E-state index is 13.1. The Labute approximate surface area is 153 Å². The van der Waals surface area contributed by atoms with Crippen LogP contribution in [0.1, 0.15) is 17.4 Å². The van der Waals surface area contributed by atoms with Gasteiger partial charge in [-0.05, 0) is 43.3 Å². The number of thiazole rings is 1. The number of nitrogens with zero attached hydrogens (tertiary/aromatic N) is 3. The number of aromatic nitrogens is 1. The van der Waals surface area contributed by atoms with Crippen LogP contribution in [0.25, 0.3) is 11.6 Å². The zero-order valence-corrected chi connectivity index (χ0v) is 14.9. The van der Waals surface area contributed by atoms with Crippen molar-refractivity contribution in [2.45, 2.75) is 13.5 Å². The van der Waals surface area contributed by atoms with Crippen LogP contribution in [0.4, 0.5) is 15.8 Å². The summed E-state index contributed by atoms with van der Waals surface area (Å²) in [6.45, 7) is 2.52. The van der Waals surface area contributed by atoms with Gasteiger partial charge in [-0.2, -0.15) is 0 Å². The van der Waals surface area contributed by atoms with Crippen molar-refractivity contribution in [2.75, 3.05) is 0 Å². The molecule has 0 saturated heterocycles. The zero-order chi connectivity index (χ0) is 18.1. The average Bonchev–Trinajstić information content (AvgIpc) is 3.19. The SMILES string of the molecule is CCn1c(O)c(C=C2C=Nc3ccccc32)sc1=Nc1ccc(F)cc1. The summed E-state index contributed by atoms with van der Waals surface area (Å²) in [5.41, 5.74) is 3.56. The molecule has 2 heterocycles. The van der Waals surface area contributed by atoms with Gasteiger partial charge in [0.1, 0.15) is 5.82 Å². The van der Waals surface area contributed by atoms with Crippen LogP contribution in [0.5, 0.6) is 5.88 Å². The van der Waals surface area contributed by atoms with Gasteiger partial charge < -0.3 is 5.11 Å². The average molecular weight is 365 g/mol. The van der Waals surface area contributed by atoms with Gasteiger partial charge in [0.25, 0.3) is 0 Å². The number of fused-ring (bicyclic) bond motifs is 1. The van der Waals surface area contributed by atoms with E-state index >= 15 is 0 Å². The van der Waals surface area contributed by atoms with Crippen LogP contribution in [-0.4, -0.2) is 15.9 Å². The molecule has 1 aliphatic rings. The van der Waals surface area contributed by atoms with Crippen LogP contribution in [-0.2, 0) is 6.54 Å². The molecule has 0 saturated carbocycles. The van der Waals surface area contributed by atoms with Crippen molar-refractivity contribution in [1.82, 2.24) is 4.57 Å². The summed E-state index contributed by atoms with van der Waals surface area (Å²) in [5.74, 6) is -0.130. The van der Waals surface area contributed by atoms with Crippen molar-refractivity contribution >= 4 is 40.6 Å². The van der Waals surface area contributed by atoms with Crippen molar-refractivity contribution in [3.63, 3.8) is 0 Å². The topological polar surface area (TPSA) is 49.9 Å². The van der Waals surface area contributed by atoms with Gasteiger partial charge in [-0.1, -0.05) is 29.5 Å². The summed E-state index contributed by atoms with van der Waals surface area (Å²) in [7, 11) is 0. The molecule has 2 aromatic carbocycles. The number of aromatic hydroxyl groups is 1. The normalized spacial score (nSPS) is 15.0. The van der Waals surface area contributed by atoms with E-state index in [1.807, 2.05) is 37.3 Å². The number of para-hydroxylation sites is 1. The van der Waals surface area contributed by atoms with Crippen molar-refractivity contribution in [2.24, 2.45) is 9.98 Å². The highest BCUT2D eigenvalue weighted by molar-refractivity contribution is 7.10. The second kappa shape index (κ2) is 6.72. The lowest BCUT2D eigenvalue weighted by Gasteiger charge is -2.01. The lowest BCUT2D eigenvalue weighted by Crippen LogP contribution is -2.12. The van der Waals surface area contributed by atoms with Gasteiger partial charge in [0.15, 0.2) is 4.80 Å². The predicted octanol–water partition coefficient (Wildman–Crippen LogP) is 4.90. The Hall–Kier alpha value is -2.99. The molecule has 4 rings (SSSR count). The molecule has 130 valence electrons.